The maximum atomic E-state index is 10.9. The maximum Gasteiger partial charge on any atom is 0.244 e. The molecule has 164 valence electrons. The van der Waals surface area contributed by atoms with Crippen LogP contribution in [0.25, 0.3) is 22.4 Å². The van der Waals surface area contributed by atoms with Gasteiger partial charge in [0.25, 0.3) is 0 Å². The molecule has 1 spiro atoms. The molecule has 2 fully saturated rings. The normalized spacial score (nSPS) is 18.2. The van der Waals surface area contributed by atoms with Gasteiger partial charge in [0.15, 0.2) is 0 Å². The van der Waals surface area contributed by atoms with Gasteiger partial charge in [-0.15, -0.1) is 5.10 Å². The SMILES string of the molecule is COc1nc(NC2CCC3(CC2)CN(C=O)C3)nn2ccc(-c3cnc4nccn4c3)c12. The molecule has 0 atom stereocenters. The molecule has 0 unspecified atom stereocenters. The molecule has 0 radical (unpaired) electrons. The molecule has 2 aliphatic rings. The van der Waals surface area contributed by atoms with Crippen LogP contribution in [0.15, 0.2) is 37.1 Å². The second-order valence-corrected chi connectivity index (χ2v) is 8.87. The standard InChI is InChI=1S/C22H24N8O2/c1-32-19-18-17(15-10-24-21-23-7-9-29(21)11-15)4-8-30(18)27-20(26-19)25-16-2-5-22(6-3-16)12-28(13-22)14-31/h4,7-11,14,16H,2-3,5-6,12-13H2,1H3,(H,25,27). The summed E-state index contributed by atoms with van der Waals surface area (Å²) in [5, 5.41) is 8.19. The molecule has 32 heavy (non-hydrogen) atoms. The van der Waals surface area contributed by atoms with Crippen LogP contribution >= 0.6 is 0 Å². The molecule has 1 aliphatic heterocycles. The molecule has 6 rings (SSSR count). The quantitative estimate of drug-likeness (QED) is 0.483. The van der Waals surface area contributed by atoms with Crippen LogP contribution in [0.3, 0.4) is 0 Å². The first-order chi connectivity index (χ1) is 15.7. The Balaban J connectivity index is 1.25. The summed E-state index contributed by atoms with van der Waals surface area (Å²) in [4.78, 5) is 26.0. The molecule has 1 amide bonds. The molecule has 10 nitrogen and oxygen atoms in total. The largest absolute Gasteiger partial charge is 0.479 e. The number of likely N-dealkylation sites (tertiary alicyclic amines) is 1. The van der Waals surface area contributed by atoms with Crippen LogP contribution in [0, 0.1) is 5.41 Å². The van der Waals surface area contributed by atoms with E-state index in [2.05, 4.69) is 20.3 Å². The summed E-state index contributed by atoms with van der Waals surface area (Å²) in [5.74, 6) is 1.73. The fourth-order valence-electron chi connectivity index (χ4n) is 5.15. The van der Waals surface area contributed by atoms with Crippen LogP contribution in [0.4, 0.5) is 5.95 Å². The highest BCUT2D eigenvalue weighted by Gasteiger charge is 2.44. The topological polar surface area (TPSA) is 102 Å². The van der Waals surface area contributed by atoms with Crippen LogP contribution in [-0.4, -0.2) is 66.5 Å². The number of amides is 1. The Hall–Kier alpha value is -3.69. The zero-order valence-corrected chi connectivity index (χ0v) is 17.8. The van der Waals surface area contributed by atoms with Gasteiger partial charge >= 0.3 is 0 Å². The van der Waals surface area contributed by atoms with Gasteiger partial charge < -0.3 is 15.0 Å². The molecule has 1 saturated heterocycles. The molecular weight excluding hydrogens is 408 g/mol. The monoisotopic (exact) mass is 432 g/mol. The van der Waals surface area contributed by atoms with E-state index in [4.69, 9.17) is 9.84 Å². The number of aromatic nitrogens is 6. The van der Waals surface area contributed by atoms with Crippen LogP contribution in [0.5, 0.6) is 5.88 Å². The number of ether oxygens (including phenoxy) is 1. The van der Waals surface area contributed by atoms with E-state index in [1.165, 1.54) is 0 Å². The van der Waals surface area contributed by atoms with Crippen molar-refractivity contribution in [1.82, 2.24) is 33.9 Å². The van der Waals surface area contributed by atoms with Crippen LogP contribution in [0.2, 0.25) is 0 Å². The first kappa shape index (κ1) is 19.0. The Morgan fingerprint density at radius 2 is 2.06 bits per heavy atom. The molecule has 0 bridgehead atoms. The Bertz CT molecular complexity index is 1300. The van der Waals surface area contributed by atoms with Gasteiger partial charge in [0.2, 0.25) is 24.0 Å². The Morgan fingerprint density at radius 1 is 1.22 bits per heavy atom. The van der Waals surface area contributed by atoms with Crippen molar-refractivity contribution < 1.29 is 9.53 Å². The van der Waals surface area contributed by atoms with Crippen molar-refractivity contribution in [2.75, 3.05) is 25.5 Å². The first-order valence-electron chi connectivity index (χ1n) is 10.8. The molecule has 0 aromatic carbocycles. The number of carbonyl (C=O) groups is 1. The second kappa shape index (κ2) is 7.18. The van der Waals surface area contributed by atoms with Gasteiger partial charge in [-0.05, 0) is 31.7 Å². The van der Waals surface area contributed by atoms with Crippen molar-refractivity contribution in [3.63, 3.8) is 0 Å². The predicted octanol–water partition coefficient (Wildman–Crippen LogP) is 2.26. The number of hydrogen-bond acceptors (Lipinski definition) is 7. The third-order valence-corrected chi connectivity index (χ3v) is 6.83. The number of rotatable bonds is 5. The van der Waals surface area contributed by atoms with Crippen molar-refractivity contribution in [3.8, 4) is 17.0 Å². The number of fused-ring (bicyclic) bond motifs is 2. The van der Waals surface area contributed by atoms with E-state index in [9.17, 15) is 4.79 Å². The lowest BCUT2D eigenvalue weighted by atomic mass is 9.67. The summed E-state index contributed by atoms with van der Waals surface area (Å²) >= 11 is 0. The van der Waals surface area contributed by atoms with Gasteiger partial charge in [-0.25, -0.2) is 14.5 Å². The average molecular weight is 432 g/mol. The van der Waals surface area contributed by atoms with Crippen LogP contribution < -0.4 is 10.1 Å². The van der Waals surface area contributed by atoms with Crippen LogP contribution in [-0.2, 0) is 4.79 Å². The summed E-state index contributed by atoms with van der Waals surface area (Å²) < 4.78 is 9.33. The third kappa shape index (κ3) is 3.05. The minimum Gasteiger partial charge on any atom is -0.479 e. The fraction of sp³-hybridized carbons (Fsp3) is 0.409. The molecule has 5 heterocycles. The van der Waals surface area contributed by atoms with Gasteiger partial charge in [-0.3, -0.25) is 9.20 Å². The highest BCUT2D eigenvalue weighted by molar-refractivity contribution is 5.84. The molecule has 1 N–H and O–H groups in total. The average Bonchev–Trinajstić information content (AvgIpc) is 3.44. The number of imidazole rings is 1. The Morgan fingerprint density at radius 3 is 2.84 bits per heavy atom. The molecule has 1 saturated carbocycles. The van der Waals surface area contributed by atoms with Crippen LogP contribution in [0.1, 0.15) is 25.7 Å². The Labute approximate surface area is 184 Å². The van der Waals surface area contributed by atoms with Crippen molar-refractivity contribution >= 4 is 23.7 Å². The van der Waals surface area contributed by atoms with Crippen molar-refractivity contribution in [2.24, 2.45) is 5.41 Å². The van der Waals surface area contributed by atoms with E-state index in [-0.39, 0.29) is 0 Å². The van der Waals surface area contributed by atoms with Crippen molar-refractivity contribution in [2.45, 2.75) is 31.7 Å². The van der Waals surface area contributed by atoms with Gasteiger partial charge in [0.1, 0.15) is 5.52 Å². The van der Waals surface area contributed by atoms with E-state index < -0.39 is 0 Å². The minimum absolute atomic E-state index is 0.316. The van der Waals surface area contributed by atoms with E-state index in [0.717, 1.165) is 61.8 Å². The van der Waals surface area contributed by atoms with Crippen molar-refractivity contribution in [3.05, 3.63) is 37.1 Å². The van der Waals surface area contributed by atoms with E-state index in [0.29, 0.717) is 29.1 Å². The lowest BCUT2D eigenvalue weighted by Gasteiger charge is -2.52. The number of nitrogens with zero attached hydrogens (tertiary/aromatic N) is 7. The van der Waals surface area contributed by atoms with Gasteiger partial charge in [0, 0.05) is 66.7 Å². The minimum atomic E-state index is 0.316. The number of hydrogen-bond donors (Lipinski definition) is 1. The molecule has 10 heteroatoms. The highest BCUT2D eigenvalue weighted by atomic mass is 16.5. The lowest BCUT2D eigenvalue weighted by Crippen LogP contribution is -2.57. The van der Waals surface area contributed by atoms with Gasteiger partial charge in [-0.2, -0.15) is 4.98 Å². The summed E-state index contributed by atoms with van der Waals surface area (Å²) in [7, 11) is 1.62. The van der Waals surface area contributed by atoms with Gasteiger partial charge in [-0.1, -0.05) is 0 Å². The molecular formula is C22H24N8O2. The van der Waals surface area contributed by atoms with Crippen molar-refractivity contribution in [1.29, 1.82) is 0 Å². The zero-order chi connectivity index (χ0) is 21.7. The summed E-state index contributed by atoms with van der Waals surface area (Å²) in [5.41, 5.74) is 3.00. The summed E-state index contributed by atoms with van der Waals surface area (Å²) in [6.45, 7) is 1.79. The number of anilines is 1. The van der Waals surface area contributed by atoms with E-state index >= 15 is 0 Å². The van der Waals surface area contributed by atoms with E-state index in [1.807, 2.05) is 34.0 Å². The van der Waals surface area contributed by atoms with Gasteiger partial charge in [0.05, 0.1) is 7.11 Å². The summed E-state index contributed by atoms with van der Waals surface area (Å²) in [6.07, 6.45) is 14.6. The number of nitrogens with one attached hydrogen (secondary N) is 1. The molecule has 4 aromatic rings. The van der Waals surface area contributed by atoms with E-state index in [1.54, 1.807) is 24.0 Å². The second-order valence-electron chi connectivity index (χ2n) is 8.87. The number of carbonyl (C=O) groups excluding carboxylic acids is 1. The smallest absolute Gasteiger partial charge is 0.244 e. The zero-order valence-electron chi connectivity index (χ0n) is 17.8. The first-order valence-corrected chi connectivity index (χ1v) is 10.8. The molecule has 1 aliphatic carbocycles. The highest BCUT2D eigenvalue weighted by Crippen LogP contribution is 2.43. The third-order valence-electron chi connectivity index (χ3n) is 6.83. The molecule has 4 aromatic heterocycles. The Kier molecular flexibility index (Phi) is 4.27. The fourth-order valence-corrected chi connectivity index (χ4v) is 5.15. The number of methoxy groups -OCH3 is 1. The summed E-state index contributed by atoms with van der Waals surface area (Å²) in [6, 6.07) is 2.31. The lowest BCUT2D eigenvalue weighted by molar-refractivity contribution is -0.131. The predicted molar refractivity (Wildman–Crippen MR) is 117 cm³/mol. The maximum absolute atomic E-state index is 10.9.